The Balaban J connectivity index is 2.15. The standard InChI is InChI=1S/C14H18N2O/c1-10(2)14(17)13-9-16(15-11(13)3)12-7-5-4-6-8-12/h4-8,10,15H,9H2,1-3H3. The molecule has 1 aromatic rings. The Bertz CT molecular complexity index is 449. The molecule has 0 saturated carbocycles. The molecular weight excluding hydrogens is 212 g/mol. The van der Waals surface area contributed by atoms with Crippen LogP contribution in [0.5, 0.6) is 0 Å². The van der Waals surface area contributed by atoms with Gasteiger partial charge >= 0.3 is 0 Å². The SMILES string of the molecule is CC1=C(C(=O)C(C)C)CN(c2ccccc2)N1. The van der Waals surface area contributed by atoms with Crippen LogP contribution in [0.4, 0.5) is 5.69 Å². The summed E-state index contributed by atoms with van der Waals surface area (Å²) in [5.74, 6) is 0.283. The number of Topliss-reactive ketones (excluding diaryl/α,β-unsaturated/α-hetero) is 1. The van der Waals surface area contributed by atoms with E-state index < -0.39 is 0 Å². The van der Waals surface area contributed by atoms with E-state index in [9.17, 15) is 4.79 Å². The zero-order valence-electron chi connectivity index (χ0n) is 10.5. The van der Waals surface area contributed by atoms with E-state index in [4.69, 9.17) is 0 Å². The molecule has 3 nitrogen and oxygen atoms in total. The lowest BCUT2D eigenvalue weighted by molar-refractivity contribution is -0.118. The topological polar surface area (TPSA) is 32.3 Å². The first kappa shape index (κ1) is 11.7. The van der Waals surface area contributed by atoms with Gasteiger partial charge in [0, 0.05) is 17.2 Å². The van der Waals surface area contributed by atoms with Crippen molar-refractivity contribution >= 4 is 11.5 Å². The maximum absolute atomic E-state index is 12.0. The summed E-state index contributed by atoms with van der Waals surface area (Å²) in [6.45, 7) is 6.48. The molecule has 0 spiro atoms. The number of nitrogens with zero attached hydrogens (tertiary/aromatic N) is 1. The Hall–Kier alpha value is -1.77. The number of allylic oxidation sites excluding steroid dienone is 1. The zero-order valence-corrected chi connectivity index (χ0v) is 10.5. The Morgan fingerprint density at radius 2 is 1.94 bits per heavy atom. The summed E-state index contributed by atoms with van der Waals surface area (Å²) in [5, 5.41) is 2.00. The molecule has 3 heteroatoms. The fourth-order valence-electron chi connectivity index (χ4n) is 1.96. The lowest BCUT2D eigenvalue weighted by Gasteiger charge is -2.19. The van der Waals surface area contributed by atoms with E-state index >= 15 is 0 Å². The number of anilines is 1. The molecule has 0 atom stereocenters. The third kappa shape index (κ3) is 2.33. The van der Waals surface area contributed by atoms with E-state index in [0.717, 1.165) is 17.0 Å². The van der Waals surface area contributed by atoms with Gasteiger partial charge in [-0.25, -0.2) is 0 Å². The van der Waals surface area contributed by atoms with Gasteiger partial charge in [0.1, 0.15) is 0 Å². The van der Waals surface area contributed by atoms with E-state index in [1.807, 2.05) is 56.1 Å². The van der Waals surface area contributed by atoms with Crippen molar-refractivity contribution < 1.29 is 4.79 Å². The third-order valence-corrected chi connectivity index (χ3v) is 2.96. The normalized spacial score (nSPS) is 15.4. The number of hydrazine groups is 1. The molecule has 0 amide bonds. The fourth-order valence-corrected chi connectivity index (χ4v) is 1.96. The van der Waals surface area contributed by atoms with Gasteiger partial charge in [-0.3, -0.25) is 9.80 Å². The van der Waals surface area contributed by atoms with Gasteiger partial charge < -0.3 is 5.43 Å². The minimum absolute atomic E-state index is 0.0532. The van der Waals surface area contributed by atoms with Crippen molar-refractivity contribution in [2.75, 3.05) is 11.6 Å². The molecule has 17 heavy (non-hydrogen) atoms. The van der Waals surface area contributed by atoms with Crippen molar-refractivity contribution in [2.24, 2.45) is 5.92 Å². The number of benzene rings is 1. The van der Waals surface area contributed by atoms with Gasteiger partial charge in [-0.1, -0.05) is 32.0 Å². The van der Waals surface area contributed by atoms with Gasteiger partial charge in [0.2, 0.25) is 0 Å². The molecule has 1 heterocycles. The highest BCUT2D eigenvalue weighted by Gasteiger charge is 2.25. The van der Waals surface area contributed by atoms with E-state index in [1.165, 1.54) is 0 Å². The summed E-state index contributed by atoms with van der Waals surface area (Å²) in [4.78, 5) is 12.0. The maximum atomic E-state index is 12.0. The minimum Gasteiger partial charge on any atom is -0.302 e. The molecule has 2 rings (SSSR count). The summed E-state index contributed by atoms with van der Waals surface area (Å²) in [7, 11) is 0. The van der Waals surface area contributed by atoms with Crippen LogP contribution in [0.3, 0.4) is 0 Å². The monoisotopic (exact) mass is 230 g/mol. The number of hydrogen-bond acceptors (Lipinski definition) is 3. The molecule has 1 N–H and O–H groups in total. The smallest absolute Gasteiger partial charge is 0.165 e. The van der Waals surface area contributed by atoms with Crippen molar-refractivity contribution in [3.05, 3.63) is 41.6 Å². The Morgan fingerprint density at radius 3 is 2.53 bits per heavy atom. The highest BCUT2D eigenvalue weighted by atomic mass is 16.1. The first-order valence-electron chi connectivity index (χ1n) is 5.93. The molecule has 1 aromatic carbocycles. The average Bonchev–Trinajstić information content (AvgIpc) is 2.71. The molecule has 1 aliphatic rings. The number of rotatable bonds is 3. The van der Waals surface area contributed by atoms with Crippen molar-refractivity contribution in [3.8, 4) is 0 Å². The number of carbonyl (C=O) groups excluding carboxylic acids is 1. The number of ketones is 1. The van der Waals surface area contributed by atoms with Crippen LogP contribution in [-0.2, 0) is 4.79 Å². The second kappa shape index (κ2) is 4.62. The van der Waals surface area contributed by atoms with E-state index in [1.54, 1.807) is 0 Å². The van der Waals surface area contributed by atoms with Crippen LogP contribution in [0.25, 0.3) is 0 Å². The lowest BCUT2D eigenvalue weighted by Crippen LogP contribution is -2.31. The predicted molar refractivity (Wildman–Crippen MR) is 69.5 cm³/mol. The molecule has 0 fully saturated rings. The number of nitrogens with one attached hydrogen (secondary N) is 1. The van der Waals surface area contributed by atoms with Gasteiger partial charge in [0.15, 0.2) is 5.78 Å². The Morgan fingerprint density at radius 1 is 1.29 bits per heavy atom. The van der Waals surface area contributed by atoms with Gasteiger partial charge in [-0.05, 0) is 19.1 Å². The molecule has 0 bridgehead atoms. The van der Waals surface area contributed by atoms with Crippen LogP contribution in [0.15, 0.2) is 41.6 Å². The van der Waals surface area contributed by atoms with Crippen LogP contribution < -0.4 is 10.4 Å². The number of para-hydroxylation sites is 1. The van der Waals surface area contributed by atoms with Crippen molar-refractivity contribution in [2.45, 2.75) is 20.8 Å². The van der Waals surface area contributed by atoms with Crippen LogP contribution >= 0.6 is 0 Å². The van der Waals surface area contributed by atoms with Gasteiger partial charge in [-0.15, -0.1) is 0 Å². The van der Waals surface area contributed by atoms with E-state index in [-0.39, 0.29) is 11.7 Å². The lowest BCUT2D eigenvalue weighted by atomic mass is 10.0. The molecule has 0 aliphatic carbocycles. The molecule has 0 saturated heterocycles. The van der Waals surface area contributed by atoms with Crippen LogP contribution in [0.1, 0.15) is 20.8 Å². The molecule has 0 aromatic heterocycles. The van der Waals surface area contributed by atoms with Crippen LogP contribution in [-0.4, -0.2) is 12.3 Å². The van der Waals surface area contributed by atoms with E-state index in [0.29, 0.717) is 6.54 Å². The zero-order chi connectivity index (χ0) is 12.4. The molecular formula is C14H18N2O. The van der Waals surface area contributed by atoms with Crippen LogP contribution in [0, 0.1) is 5.92 Å². The maximum Gasteiger partial charge on any atom is 0.165 e. The Labute approximate surface area is 102 Å². The highest BCUT2D eigenvalue weighted by molar-refractivity contribution is 5.98. The number of hydrogen-bond donors (Lipinski definition) is 1. The highest BCUT2D eigenvalue weighted by Crippen LogP contribution is 2.22. The first-order valence-corrected chi connectivity index (χ1v) is 5.93. The molecule has 0 unspecified atom stereocenters. The van der Waals surface area contributed by atoms with E-state index in [2.05, 4.69) is 5.43 Å². The fraction of sp³-hybridized carbons (Fsp3) is 0.357. The summed E-state index contributed by atoms with van der Waals surface area (Å²) in [6, 6.07) is 10.0. The summed E-state index contributed by atoms with van der Waals surface area (Å²) in [5.41, 5.74) is 6.19. The Kier molecular flexibility index (Phi) is 3.18. The number of carbonyl (C=O) groups is 1. The van der Waals surface area contributed by atoms with Crippen LogP contribution in [0.2, 0.25) is 0 Å². The van der Waals surface area contributed by atoms with Gasteiger partial charge in [0.05, 0.1) is 12.2 Å². The summed E-state index contributed by atoms with van der Waals surface area (Å²) >= 11 is 0. The second-order valence-corrected chi connectivity index (χ2v) is 4.66. The second-order valence-electron chi connectivity index (χ2n) is 4.66. The molecule has 90 valence electrons. The van der Waals surface area contributed by atoms with Crippen molar-refractivity contribution in [1.29, 1.82) is 0 Å². The van der Waals surface area contributed by atoms with Gasteiger partial charge in [-0.2, -0.15) is 0 Å². The summed E-state index contributed by atoms with van der Waals surface area (Å²) in [6.07, 6.45) is 0. The van der Waals surface area contributed by atoms with Gasteiger partial charge in [0.25, 0.3) is 0 Å². The minimum atomic E-state index is 0.0532. The van der Waals surface area contributed by atoms with Crippen molar-refractivity contribution in [3.63, 3.8) is 0 Å². The molecule has 0 radical (unpaired) electrons. The third-order valence-electron chi connectivity index (χ3n) is 2.96. The quantitative estimate of drug-likeness (QED) is 0.866. The van der Waals surface area contributed by atoms with Crippen molar-refractivity contribution in [1.82, 2.24) is 5.43 Å². The average molecular weight is 230 g/mol. The molecule has 1 aliphatic heterocycles. The largest absolute Gasteiger partial charge is 0.302 e. The summed E-state index contributed by atoms with van der Waals surface area (Å²) < 4.78 is 0. The predicted octanol–water partition coefficient (Wildman–Crippen LogP) is 2.51. The first-order chi connectivity index (χ1) is 8.09.